The molecular formula is C16H14ClFO2. The fraction of sp³-hybridized carbons (Fsp3) is 0.250. The number of hydrogen-bond acceptors (Lipinski definition) is 2. The van der Waals surface area contributed by atoms with Gasteiger partial charge < -0.3 is 9.84 Å². The molecular weight excluding hydrogens is 279 g/mol. The zero-order valence-electron chi connectivity index (χ0n) is 10.8. The summed E-state index contributed by atoms with van der Waals surface area (Å²) in [5.41, 5.74) is 2.40. The largest absolute Gasteiger partial charge is 0.489 e. The van der Waals surface area contributed by atoms with Crippen molar-refractivity contribution in [1.82, 2.24) is 0 Å². The number of benzene rings is 2. The van der Waals surface area contributed by atoms with Crippen LogP contribution < -0.4 is 4.74 Å². The van der Waals surface area contributed by atoms with E-state index in [0.29, 0.717) is 22.8 Å². The van der Waals surface area contributed by atoms with Crippen molar-refractivity contribution < 1.29 is 14.2 Å². The van der Waals surface area contributed by atoms with Crippen molar-refractivity contribution in [2.75, 3.05) is 0 Å². The van der Waals surface area contributed by atoms with Crippen LogP contribution in [0.15, 0.2) is 36.4 Å². The lowest BCUT2D eigenvalue weighted by atomic mass is 10.1. The van der Waals surface area contributed by atoms with Gasteiger partial charge in [-0.3, -0.25) is 0 Å². The number of ether oxygens (including phenoxy) is 1. The molecule has 0 amide bonds. The number of aliphatic hydroxyl groups excluding tert-OH is 1. The summed E-state index contributed by atoms with van der Waals surface area (Å²) in [6, 6.07) is 10.1. The average Bonchev–Trinajstić information content (AvgIpc) is 2.80. The van der Waals surface area contributed by atoms with E-state index in [1.54, 1.807) is 12.1 Å². The maximum atomic E-state index is 13.7. The third kappa shape index (κ3) is 2.51. The highest BCUT2D eigenvalue weighted by Gasteiger charge is 2.23. The smallest absolute Gasteiger partial charge is 0.131 e. The molecule has 1 atom stereocenters. The Hall–Kier alpha value is -1.58. The summed E-state index contributed by atoms with van der Waals surface area (Å²) in [5, 5.41) is 10.2. The van der Waals surface area contributed by atoms with Gasteiger partial charge in [-0.05, 0) is 36.6 Å². The molecule has 2 aromatic carbocycles. The lowest BCUT2D eigenvalue weighted by Gasteiger charge is -2.12. The number of rotatable bonds is 3. The first kappa shape index (κ1) is 13.4. The summed E-state index contributed by atoms with van der Waals surface area (Å²) in [4.78, 5) is 0. The highest BCUT2D eigenvalue weighted by Crippen LogP contribution is 2.37. The van der Waals surface area contributed by atoms with E-state index >= 15 is 0 Å². The Kier molecular flexibility index (Phi) is 3.64. The summed E-state index contributed by atoms with van der Waals surface area (Å²) in [6.07, 6.45) is 1.08. The maximum absolute atomic E-state index is 13.7. The summed E-state index contributed by atoms with van der Waals surface area (Å²) in [6.45, 7) is 0.148. The quantitative estimate of drug-likeness (QED) is 0.925. The predicted octanol–water partition coefficient (Wildman–Crippen LogP) is 4.04. The minimum Gasteiger partial charge on any atom is -0.489 e. The second-order valence-electron chi connectivity index (χ2n) is 4.90. The lowest BCUT2D eigenvalue weighted by molar-refractivity contribution is 0.180. The van der Waals surface area contributed by atoms with Crippen molar-refractivity contribution in [3.8, 4) is 5.75 Å². The molecule has 2 aromatic rings. The van der Waals surface area contributed by atoms with E-state index in [1.807, 2.05) is 18.2 Å². The monoisotopic (exact) mass is 292 g/mol. The van der Waals surface area contributed by atoms with Crippen LogP contribution in [0.2, 0.25) is 5.02 Å². The zero-order valence-corrected chi connectivity index (χ0v) is 11.5. The first-order chi connectivity index (χ1) is 9.65. The van der Waals surface area contributed by atoms with Crippen molar-refractivity contribution in [3.05, 3.63) is 63.9 Å². The van der Waals surface area contributed by atoms with Crippen LogP contribution in [0.25, 0.3) is 0 Å². The molecule has 1 aliphatic rings. The Morgan fingerprint density at radius 2 is 2.15 bits per heavy atom. The van der Waals surface area contributed by atoms with Crippen LogP contribution in [-0.4, -0.2) is 5.11 Å². The van der Waals surface area contributed by atoms with E-state index in [2.05, 4.69) is 0 Å². The van der Waals surface area contributed by atoms with Crippen molar-refractivity contribution in [1.29, 1.82) is 0 Å². The number of hydrogen-bond donors (Lipinski definition) is 1. The molecule has 0 spiro atoms. The molecule has 0 radical (unpaired) electrons. The topological polar surface area (TPSA) is 29.5 Å². The number of fused-ring (bicyclic) bond motifs is 1. The third-order valence-corrected chi connectivity index (χ3v) is 3.83. The van der Waals surface area contributed by atoms with Gasteiger partial charge in [0.05, 0.1) is 6.10 Å². The normalized spacial score (nSPS) is 17.1. The molecule has 0 aliphatic heterocycles. The van der Waals surface area contributed by atoms with Gasteiger partial charge in [-0.1, -0.05) is 29.8 Å². The molecule has 0 saturated heterocycles. The zero-order chi connectivity index (χ0) is 14.1. The van der Waals surface area contributed by atoms with Gasteiger partial charge in [-0.2, -0.15) is 0 Å². The Morgan fingerprint density at radius 3 is 2.95 bits per heavy atom. The summed E-state index contributed by atoms with van der Waals surface area (Å²) in [5.74, 6) is 0.346. The summed E-state index contributed by atoms with van der Waals surface area (Å²) in [7, 11) is 0. The minimum atomic E-state index is -0.416. The molecule has 0 fully saturated rings. The van der Waals surface area contributed by atoms with Crippen LogP contribution in [0.1, 0.15) is 29.2 Å². The Bertz CT molecular complexity index is 642. The van der Waals surface area contributed by atoms with E-state index < -0.39 is 6.10 Å². The summed E-state index contributed by atoms with van der Waals surface area (Å²) >= 11 is 5.72. The second-order valence-corrected chi connectivity index (χ2v) is 5.34. The van der Waals surface area contributed by atoms with Crippen LogP contribution >= 0.6 is 11.6 Å². The molecule has 3 rings (SSSR count). The first-order valence-electron chi connectivity index (χ1n) is 6.52. The van der Waals surface area contributed by atoms with Crippen molar-refractivity contribution in [3.63, 3.8) is 0 Å². The van der Waals surface area contributed by atoms with Crippen LogP contribution in [0.4, 0.5) is 4.39 Å². The molecule has 4 heteroatoms. The van der Waals surface area contributed by atoms with Gasteiger partial charge in [0.1, 0.15) is 18.2 Å². The molecule has 104 valence electrons. The minimum absolute atomic E-state index is 0.148. The van der Waals surface area contributed by atoms with E-state index in [-0.39, 0.29) is 12.4 Å². The van der Waals surface area contributed by atoms with Gasteiger partial charge in [-0.15, -0.1) is 0 Å². The average molecular weight is 293 g/mol. The molecule has 20 heavy (non-hydrogen) atoms. The van der Waals surface area contributed by atoms with Crippen molar-refractivity contribution in [2.24, 2.45) is 0 Å². The van der Waals surface area contributed by atoms with Gasteiger partial charge >= 0.3 is 0 Å². The number of aliphatic hydroxyl groups is 1. The lowest BCUT2D eigenvalue weighted by Crippen LogP contribution is -2.01. The standard InChI is InChI=1S/C16H14ClFO2/c17-11-5-4-10(14(18)8-11)9-20-16-3-1-2-12-13(16)6-7-15(12)19/h1-5,8,15,19H,6-7,9H2. The summed E-state index contributed by atoms with van der Waals surface area (Å²) < 4.78 is 19.4. The molecule has 0 heterocycles. The Balaban J connectivity index is 1.79. The maximum Gasteiger partial charge on any atom is 0.131 e. The fourth-order valence-corrected chi connectivity index (χ4v) is 2.69. The van der Waals surface area contributed by atoms with Gasteiger partial charge in [0.25, 0.3) is 0 Å². The van der Waals surface area contributed by atoms with Crippen molar-refractivity contribution in [2.45, 2.75) is 25.6 Å². The third-order valence-electron chi connectivity index (χ3n) is 3.59. The van der Waals surface area contributed by atoms with E-state index in [9.17, 15) is 9.50 Å². The van der Waals surface area contributed by atoms with Gasteiger partial charge in [0.2, 0.25) is 0 Å². The molecule has 2 nitrogen and oxygen atoms in total. The Labute approximate surface area is 121 Å². The van der Waals surface area contributed by atoms with Gasteiger partial charge in [0, 0.05) is 16.1 Å². The first-order valence-corrected chi connectivity index (χ1v) is 6.89. The van der Waals surface area contributed by atoms with Gasteiger partial charge in [-0.25, -0.2) is 4.39 Å². The van der Waals surface area contributed by atoms with Crippen LogP contribution in [0.3, 0.4) is 0 Å². The van der Waals surface area contributed by atoms with Gasteiger partial charge in [0.15, 0.2) is 0 Å². The van der Waals surface area contributed by atoms with Crippen LogP contribution in [-0.2, 0) is 13.0 Å². The van der Waals surface area contributed by atoms with Crippen molar-refractivity contribution >= 4 is 11.6 Å². The van der Waals surface area contributed by atoms with E-state index in [0.717, 1.165) is 17.5 Å². The fourth-order valence-electron chi connectivity index (χ4n) is 2.53. The SMILES string of the molecule is OC1CCc2c(OCc3ccc(Cl)cc3F)cccc21. The molecule has 1 unspecified atom stereocenters. The molecule has 1 aliphatic carbocycles. The van der Waals surface area contributed by atoms with E-state index in [1.165, 1.54) is 6.07 Å². The molecule has 0 aromatic heterocycles. The second kappa shape index (κ2) is 5.43. The molecule has 1 N–H and O–H groups in total. The van der Waals surface area contributed by atoms with Crippen LogP contribution in [0.5, 0.6) is 5.75 Å². The number of halogens is 2. The molecule has 0 bridgehead atoms. The highest BCUT2D eigenvalue weighted by atomic mass is 35.5. The van der Waals surface area contributed by atoms with Crippen LogP contribution in [0, 0.1) is 5.82 Å². The Morgan fingerprint density at radius 1 is 1.30 bits per heavy atom. The predicted molar refractivity (Wildman–Crippen MR) is 75.5 cm³/mol. The molecule has 0 saturated carbocycles. The highest BCUT2D eigenvalue weighted by molar-refractivity contribution is 6.30. The van der Waals surface area contributed by atoms with E-state index in [4.69, 9.17) is 16.3 Å².